The molecule has 18 heavy (non-hydrogen) atoms. The quantitative estimate of drug-likeness (QED) is 0.592. The lowest BCUT2D eigenvalue weighted by atomic mass is 10.2. The van der Waals surface area contributed by atoms with Gasteiger partial charge < -0.3 is 4.74 Å². The summed E-state index contributed by atoms with van der Waals surface area (Å²) in [4.78, 5) is 21.2. The lowest BCUT2D eigenvalue weighted by Crippen LogP contribution is -2.11. The molecule has 0 aliphatic carbocycles. The molecule has 1 rings (SSSR count). The van der Waals surface area contributed by atoms with Crippen molar-refractivity contribution in [3.05, 3.63) is 32.3 Å². The molecule has 1 aromatic carbocycles. The van der Waals surface area contributed by atoms with E-state index in [-0.39, 0.29) is 33.9 Å². The second-order valence-electron chi connectivity index (χ2n) is 3.57. The number of hydrogen-bond acceptors (Lipinski definition) is 4. The van der Waals surface area contributed by atoms with Crippen molar-refractivity contribution < 1.29 is 14.5 Å². The molecule has 0 aromatic heterocycles. The Kier molecular flexibility index (Phi) is 5.37. The summed E-state index contributed by atoms with van der Waals surface area (Å²) in [7, 11) is 0. The molecule has 0 spiro atoms. The van der Waals surface area contributed by atoms with Gasteiger partial charge in [0.2, 0.25) is 0 Å². The second kappa shape index (κ2) is 6.56. The third-order valence-corrected chi connectivity index (χ3v) is 2.66. The summed E-state index contributed by atoms with van der Waals surface area (Å²) >= 11 is 11.6. The minimum atomic E-state index is -0.607. The van der Waals surface area contributed by atoms with Crippen LogP contribution in [0.25, 0.3) is 0 Å². The van der Waals surface area contributed by atoms with Gasteiger partial charge in [-0.3, -0.25) is 14.9 Å². The molecule has 0 aliphatic rings. The van der Waals surface area contributed by atoms with Crippen LogP contribution in [0.15, 0.2) is 12.1 Å². The first-order valence-corrected chi connectivity index (χ1v) is 5.99. The van der Waals surface area contributed by atoms with Crippen molar-refractivity contribution in [2.24, 2.45) is 0 Å². The number of benzene rings is 1. The zero-order valence-corrected chi connectivity index (χ0v) is 11.1. The van der Waals surface area contributed by atoms with Crippen LogP contribution in [0.3, 0.4) is 0 Å². The molecule has 0 N–H and O–H groups in total. The highest BCUT2D eigenvalue weighted by Crippen LogP contribution is 2.36. The van der Waals surface area contributed by atoms with Crippen molar-refractivity contribution in [2.75, 3.05) is 6.61 Å². The first-order chi connectivity index (χ1) is 8.45. The van der Waals surface area contributed by atoms with Gasteiger partial charge in [0, 0.05) is 18.6 Å². The molecule has 0 radical (unpaired) electrons. The highest BCUT2D eigenvalue weighted by Gasteiger charge is 2.16. The number of Topliss-reactive ketones (excluding diaryl/α,β-unsaturated/α-hetero) is 1. The molecule has 0 saturated carbocycles. The average Bonchev–Trinajstić information content (AvgIpc) is 2.27. The van der Waals surface area contributed by atoms with Crippen LogP contribution in [0, 0.1) is 10.1 Å². The first-order valence-electron chi connectivity index (χ1n) is 5.23. The Bertz CT molecular complexity index is 453. The Morgan fingerprint density at radius 1 is 1.39 bits per heavy atom. The van der Waals surface area contributed by atoms with Crippen LogP contribution in [-0.2, 0) is 4.79 Å². The Morgan fingerprint density at radius 3 is 2.39 bits per heavy atom. The van der Waals surface area contributed by atoms with Crippen LogP contribution in [0.1, 0.15) is 19.8 Å². The average molecular weight is 292 g/mol. The number of ketones is 1. The highest BCUT2D eigenvalue weighted by molar-refractivity contribution is 6.37. The molecule has 0 atom stereocenters. The number of carbonyl (C=O) groups excluding carboxylic acids is 1. The molecule has 7 heteroatoms. The lowest BCUT2D eigenvalue weighted by Gasteiger charge is -2.08. The van der Waals surface area contributed by atoms with E-state index in [0.717, 1.165) is 18.6 Å². The van der Waals surface area contributed by atoms with Crippen LogP contribution in [0.4, 0.5) is 5.69 Å². The first kappa shape index (κ1) is 14.7. The molecule has 0 saturated heterocycles. The maximum Gasteiger partial charge on any atom is 0.272 e. The zero-order valence-electron chi connectivity index (χ0n) is 9.61. The van der Waals surface area contributed by atoms with Gasteiger partial charge in [0.15, 0.2) is 11.5 Å². The minimum Gasteiger partial charge on any atom is -0.483 e. The van der Waals surface area contributed by atoms with Gasteiger partial charge in [-0.05, 0) is 6.42 Å². The van der Waals surface area contributed by atoms with E-state index in [1.54, 1.807) is 0 Å². The van der Waals surface area contributed by atoms with Crippen LogP contribution < -0.4 is 4.74 Å². The van der Waals surface area contributed by atoms with E-state index in [2.05, 4.69) is 0 Å². The topological polar surface area (TPSA) is 69.4 Å². The Balaban J connectivity index is 2.84. The van der Waals surface area contributed by atoms with E-state index in [9.17, 15) is 14.9 Å². The summed E-state index contributed by atoms with van der Waals surface area (Å²) in [5.74, 6) is 0.0105. The normalized spacial score (nSPS) is 10.2. The van der Waals surface area contributed by atoms with Crippen LogP contribution in [-0.4, -0.2) is 17.3 Å². The SMILES string of the molecule is CCCC(=O)COc1c(Cl)cc([N+](=O)[O-])cc1Cl. The molecule has 0 aliphatic heterocycles. The third kappa shape index (κ3) is 3.85. The van der Waals surface area contributed by atoms with E-state index >= 15 is 0 Å². The van der Waals surface area contributed by atoms with E-state index in [1.807, 2.05) is 6.92 Å². The van der Waals surface area contributed by atoms with Crippen LogP contribution >= 0.6 is 23.2 Å². The Morgan fingerprint density at radius 2 is 1.94 bits per heavy atom. The number of rotatable bonds is 6. The third-order valence-electron chi connectivity index (χ3n) is 2.10. The number of ether oxygens (including phenoxy) is 1. The Labute approximate surface area is 114 Å². The number of hydrogen-bond donors (Lipinski definition) is 0. The number of nitrogens with zero attached hydrogens (tertiary/aromatic N) is 1. The number of nitro groups is 1. The fourth-order valence-electron chi connectivity index (χ4n) is 1.29. The summed E-state index contributed by atoms with van der Waals surface area (Å²) in [5.41, 5.74) is -0.225. The van der Waals surface area contributed by atoms with E-state index in [4.69, 9.17) is 27.9 Å². The molecular formula is C11H11Cl2NO4. The van der Waals surface area contributed by atoms with Gasteiger partial charge in [-0.2, -0.15) is 0 Å². The monoisotopic (exact) mass is 291 g/mol. The summed E-state index contributed by atoms with van der Waals surface area (Å²) < 4.78 is 5.18. The van der Waals surface area contributed by atoms with Gasteiger partial charge in [0.1, 0.15) is 6.61 Å². The van der Waals surface area contributed by atoms with Crippen molar-refractivity contribution in [2.45, 2.75) is 19.8 Å². The second-order valence-corrected chi connectivity index (χ2v) is 4.39. The van der Waals surface area contributed by atoms with Gasteiger partial charge in [0.25, 0.3) is 5.69 Å². The predicted molar refractivity (Wildman–Crippen MR) is 68.5 cm³/mol. The lowest BCUT2D eigenvalue weighted by molar-refractivity contribution is -0.384. The standard InChI is InChI=1S/C11H11Cl2NO4/c1-2-3-8(15)6-18-11-9(12)4-7(14(16)17)5-10(11)13/h4-5H,2-3,6H2,1H3. The number of halogens is 2. The van der Waals surface area contributed by atoms with Crippen LogP contribution in [0.5, 0.6) is 5.75 Å². The number of nitro benzene ring substituents is 1. The van der Waals surface area contributed by atoms with Gasteiger partial charge >= 0.3 is 0 Å². The summed E-state index contributed by atoms with van der Waals surface area (Å²) in [5, 5.41) is 10.6. The van der Waals surface area contributed by atoms with Crippen molar-refractivity contribution in [3.8, 4) is 5.75 Å². The molecule has 0 heterocycles. The van der Waals surface area contributed by atoms with Gasteiger partial charge in [0.05, 0.1) is 15.0 Å². The van der Waals surface area contributed by atoms with Gasteiger partial charge in [-0.25, -0.2) is 0 Å². The van der Waals surface area contributed by atoms with Crippen molar-refractivity contribution in [1.82, 2.24) is 0 Å². The zero-order chi connectivity index (χ0) is 13.7. The minimum absolute atomic E-state index is 0.0125. The molecule has 1 aromatic rings. The summed E-state index contributed by atoms with van der Waals surface area (Å²) in [6.45, 7) is 1.73. The predicted octanol–water partition coefficient (Wildman–Crippen LogP) is 3.65. The van der Waals surface area contributed by atoms with E-state index in [1.165, 1.54) is 0 Å². The molecule has 0 unspecified atom stereocenters. The van der Waals surface area contributed by atoms with Crippen molar-refractivity contribution >= 4 is 34.7 Å². The van der Waals surface area contributed by atoms with Gasteiger partial charge in [-0.1, -0.05) is 30.1 Å². The summed E-state index contributed by atoms with van der Waals surface area (Å²) in [6, 6.07) is 2.26. The highest BCUT2D eigenvalue weighted by atomic mass is 35.5. The number of non-ortho nitro benzene ring substituents is 1. The largest absolute Gasteiger partial charge is 0.483 e. The van der Waals surface area contributed by atoms with Gasteiger partial charge in [-0.15, -0.1) is 0 Å². The van der Waals surface area contributed by atoms with Crippen molar-refractivity contribution in [3.63, 3.8) is 0 Å². The smallest absolute Gasteiger partial charge is 0.272 e. The molecule has 0 amide bonds. The Hall–Kier alpha value is -1.33. The molecule has 5 nitrogen and oxygen atoms in total. The van der Waals surface area contributed by atoms with E-state index < -0.39 is 4.92 Å². The van der Waals surface area contributed by atoms with Crippen molar-refractivity contribution in [1.29, 1.82) is 0 Å². The maximum atomic E-state index is 11.3. The maximum absolute atomic E-state index is 11.3. The van der Waals surface area contributed by atoms with E-state index in [0.29, 0.717) is 6.42 Å². The van der Waals surface area contributed by atoms with Crippen LogP contribution in [0.2, 0.25) is 10.0 Å². The summed E-state index contributed by atoms with van der Waals surface area (Å²) in [6.07, 6.45) is 1.13. The molecule has 0 bridgehead atoms. The fraction of sp³-hybridized carbons (Fsp3) is 0.364. The number of carbonyl (C=O) groups is 1. The molecule has 0 fully saturated rings. The fourth-order valence-corrected chi connectivity index (χ4v) is 1.88. The molecular weight excluding hydrogens is 281 g/mol. The molecule has 98 valence electrons.